The van der Waals surface area contributed by atoms with E-state index < -0.39 is 24.4 Å². The first-order chi connectivity index (χ1) is 9.78. The number of nitrogens with one attached hydrogen (secondary N) is 1. The molecule has 1 fully saturated rings. The number of aliphatic hydroxyl groups is 1. The number of aliphatic hydroxyl groups excluding tert-OH is 1. The molecule has 2 rings (SSSR count). The highest BCUT2D eigenvalue weighted by atomic mass is 35.5. The molecule has 0 spiro atoms. The summed E-state index contributed by atoms with van der Waals surface area (Å²) >= 11 is 5.78. The predicted molar refractivity (Wildman–Crippen MR) is 71.4 cm³/mol. The van der Waals surface area contributed by atoms with Gasteiger partial charge in [-0.1, -0.05) is 18.0 Å². The van der Waals surface area contributed by atoms with Gasteiger partial charge >= 0.3 is 6.18 Å². The van der Waals surface area contributed by atoms with Crippen molar-refractivity contribution in [1.29, 1.82) is 0 Å². The fourth-order valence-electron chi connectivity index (χ4n) is 2.37. The van der Waals surface area contributed by atoms with Gasteiger partial charge in [-0.15, -0.1) is 0 Å². The SMILES string of the molecule is O=c1c(Cl)c(NCC2CCCC2O)cnn1CC(F)(F)F. The van der Waals surface area contributed by atoms with Gasteiger partial charge in [0, 0.05) is 12.5 Å². The average molecular weight is 326 g/mol. The minimum Gasteiger partial charge on any atom is -0.393 e. The number of aromatic nitrogens is 2. The molecule has 1 aromatic heterocycles. The Hall–Kier alpha value is -1.28. The van der Waals surface area contributed by atoms with E-state index in [1.807, 2.05) is 0 Å². The van der Waals surface area contributed by atoms with Gasteiger partial charge < -0.3 is 10.4 Å². The number of nitrogens with zero attached hydrogens (tertiary/aromatic N) is 2. The lowest BCUT2D eigenvalue weighted by atomic mass is 10.1. The molecule has 0 aromatic carbocycles. The summed E-state index contributed by atoms with van der Waals surface area (Å²) in [7, 11) is 0. The monoisotopic (exact) mass is 325 g/mol. The van der Waals surface area contributed by atoms with E-state index in [1.165, 1.54) is 0 Å². The smallest absolute Gasteiger partial charge is 0.393 e. The molecule has 1 saturated carbocycles. The third kappa shape index (κ3) is 4.10. The fourth-order valence-corrected chi connectivity index (χ4v) is 2.58. The molecule has 0 saturated heterocycles. The minimum atomic E-state index is -4.54. The van der Waals surface area contributed by atoms with Crippen LogP contribution in [0.5, 0.6) is 0 Å². The van der Waals surface area contributed by atoms with E-state index in [2.05, 4.69) is 10.4 Å². The molecule has 0 radical (unpaired) electrons. The standard InChI is InChI=1S/C12H15ClF3N3O2/c13-10-8(17-4-7-2-1-3-9(7)20)5-18-19(11(10)21)6-12(14,15)16/h5,7,9,17,20H,1-4,6H2. The molecule has 1 aromatic rings. The lowest BCUT2D eigenvalue weighted by Crippen LogP contribution is -2.31. The molecule has 0 amide bonds. The predicted octanol–water partition coefficient (Wildman–Crippen LogP) is 2.03. The Labute approximate surface area is 123 Å². The molecule has 1 aliphatic rings. The fraction of sp³-hybridized carbons (Fsp3) is 0.667. The largest absolute Gasteiger partial charge is 0.408 e. The van der Waals surface area contributed by atoms with E-state index in [-0.39, 0.29) is 21.3 Å². The van der Waals surface area contributed by atoms with Crippen LogP contribution in [0.25, 0.3) is 0 Å². The zero-order valence-corrected chi connectivity index (χ0v) is 11.8. The summed E-state index contributed by atoms with van der Waals surface area (Å²) in [4.78, 5) is 11.7. The quantitative estimate of drug-likeness (QED) is 0.889. The van der Waals surface area contributed by atoms with Gasteiger partial charge in [0.25, 0.3) is 5.56 Å². The van der Waals surface area contributed by atoms with Crippen LogP contribution in [0.15, 0.2) is 11.0 Å². The number of halogens is 4. The van der Waals surface area contributed by atoms with Crippen molar-refractivity contribution in [1.82, 2.24) is 9.78 Å². The molecule has 0 bridgehead atoms. The van der Waals surface area contributed by atoms with E-state index in [0.29, 0.717) is 6.54 Å². The molecule has 2 N–H and O–H groups in total. The molecule has 118 valence electrons. The van der Waals surface area contributed by atoms with Crippen molar-refractivity contribution in [3.8, 4) is 0 Å². The van der Waals surface area contributed by atoms with Crippen molar-refractivity contribution in [3.63, 3.8) is 0 Å². The van der Waals surface area contributed by atoms with Crippen molar-refractivity contribution in [2.45, 2.75) is 38.1 Å². The summed E-state index contributed by atoms with van der Waals surface area (Å²) in [5, 5.41) is 15.7. The Morgan fingerprint density at radius 3 is 2.76 bits per heavy atom. The lowest BCUT2D eigenvalue weighted by Gasteiger charge is -2.17. The second-order valence-corrected chi connectivity index (χ2v) is 5.47. The summed E-state index contributed by atoms with van der Waals surface area (Å²) in [6.07, 6.45) is -1.35. The van der Waals surface area contributed by atoms with Gasteiger partial charge in [-0.05, 0) is 12.8 Å². The van der Waals surface area contributed by atoms with E-state index in [9.17, 15) is 23.1 Å². The second-order valence-electron chi connectivity index (χ2n) is 5.09. The molecule has 0 aliphatic heterocycles. The van der Waals surface area contributed by atoms with Gasteiger partial charge in [0.2, 0.25) is 0 Å². The topological polar surface area (TPSA) is 67.2 Å². The first-order valence-electron chi connectivity index (χ1n) is 6.52. The zero-order chi connectivity index (χ0) is 15.6. The van der Waals surface area contributed by atoms with Gasteiger partial charge in [0.1, 0.15) is 11.6 Å². The van der Waals surface area contributed by atoms with E-state index >= 15 is 0 Å². The van der Waals surface area contributed by atoms with Gasteiger partial charge in [0.15, 0.2) is 0 Å². The van der Waals surface area contributed by atoms with E-state index in [0.717, 1.165) is 25.5 Å². The maximum absolute atomic E-state index is 12.3. The molecule has 5 nitrogen and oxygen atoms in total. The van der Waals surface area contributed by atoms with Gasteiger partial charge in [-0.25, -0.2) is 4.68 Å². The van der Waals surface area contributed by atoms with Gasteiger partial charge in [0.05, 0.1) is 18.0 Å². The normalized spacial score (nSPS) is 22.5. The molecular weight excluding hydrogens is 311 g/mol. The Balaban J connectivity index is 2.08. The zero-order valence-electron chi connectivity index (χ0n) is 11.0. The molecule has 21 heavy (non-hydrogen) atoms. The molecule has 2 atom stereocenters. The van der Waals surface area contributed by atoms with Gasteiger partial charge in [-0.2, -0.15) is 18.3 Å². The van der Waals surface area contributed by atoms with Crippen molar-refractivity contribution < 1.29 is 18.3 Å². The van der Waals surface area contributed by atoms with Crippen molar-refractivity contribution in [2.24, 2.45) is 5.92 Å². The summed E-state index contributed by atoms with van der Waals surface area (Å²) in [6.45, 7) is -1.08. The Morgan fingerprint density at radius 1 is 1.48 bits per heavy atom. The van der Waals surface area contributed by atoms with Crippen LogP contribution < -0.4 is 10.9 Å². The van der Waals surface area contributed by atoms with Crippen molar-refractivity contribution in [2.75, 3.05) is 11.9 Å². The third-order valence-corrected chi connectivity index (χ3v) is 3.85. The van der Waals surface area contributed by atoms with Crippen LogP contribution in [0.2, 0.25) is 5.02 Å². The number of alkyl halides is 3. The summed E-state index contributed by atoms with van der Waals surface area (Å²) in [5.41, 5.74) is -0.815. The number of rotatable bonds is 4. The average Bonchev–Trinajstić information content (AvgIpc) is 2.78. The second kappa shape index (κ2) is 6.23. The van der Waals surface area contributed by atoms with Crippen LogP contribution in [0.1, 0.15) is 19.3 Å². The first kappa shape index (κ1) is 16.1. The maximum atomic E-state index is 12.3. The van der Waals surface area contributed by atoms with Crippen LogP contribution in [0.3, 0.4) is 0 Å². The molecule has 9 heteroatoms. The summed E-state index contributed by atoms with van der Waals surface area (Å²) in [5.74, 6) is 0.0404. The number of anilines is 1. The van der Waals surface area contributed by atoms with Crippen LogP contribution in [-0.2, 0) is 6.54 Å². The highest BCUT2D eigenvalue weighted by Gasteiger charge is 2.30. The number of hydrogen-bond acceptors (Lipinski definition) is 4. The maximum Gasteiger partial charge on any atom is 0.408 e. The molecule has 2 unspecified atom stereocenters. The molecular formula is C12H15ClF3N3O2. The van der Waals surface area contributed by atoms with Crippen LogP contribution in [0, 0.1) is 5.92 Å². The highest BCUT2D eigenvalue weighted by Crippen LogP contribution is 2.26. The molecule has 1 aliphatic carbocycles. The van der Waals surface area contributed by atoms with E-state index in [1.54, 1.807) is 0 Å². The van der Waals surface area contributed by atoms with Crippen LogP contribution in [-0.4, -0.2) is 33.7 Å². The lowest BCUT2D eigenvalue weighted by molar-refractivity contribution is -0.143. The Kier molecular flexibility index (Phi) is 4.77. The van der Waals surface area contributed by atoms with Crippen LogP contribution in [0.4, 0.5) is 18.9 Å². The van der Waals surface area contributed by atoms with Crippen molar-refractivity contribution in [3.05, 3.63) is 21.6 Å². The Bertz CT molecular complexity index is 562. The highest BCUT2D eigenvalue weighted by molar-refractivity contribution is 6.32. The number of hydrogen-bond donors (Lipinski definition) is 2. The first-order valence-corrected chi connectivity index (χ1v) is 6.90. The third-order valence-electron chi connectivity index (χ3n) is 3.49. The van der Waals surface area contributed by atoms with Crippen molar-refractivity contribution >= 4 is 17.3 Å². The van der Waals surface area contributed by atoms with E-state index in [4.69, 9.17) is 11.6 Å². The van der Waals surface area contributed by atoms with Crippen LogP contribution >= 0.6 is 11.6 Å². The minimum absolute atomic E-state index is 0.0404. The Morgan fingerprint density at radius 2 is 2.19 bits per heavy atom. The van der Waals surface area contributed by atoms with Gasteiger partial charge in [-0.3, -0.25) is 4.79 Å². The molecule has 1 heterocycles. The summed E-state index contributed by atoms with van der Waals surface area (Å²) in [6, 6.07) is 0. The summed E-state index contributed by atoms with van der Waals surface area (Å²) < 4.78 is 37.1.